The lowest BCUT2D eigenvalue weighted by Gasteiger charge is -2.53. The normalized spacial score (nSPS) is 33.2. The maximum Gasteiger partial charge on any atom is 0.268 e. The highest BCUT2D eigenvalue weighted by Crippen LogP contribution is 2.49. The minimum Gasteiger partial charge on any atom is -0.311 e. The van der Waals surface area contributed by atoms with Gasteiger partial charge in [-0.05, 0) is 13.0 Å². The molecule has 0 aromatic rings. The molecule has 0 aromatic carbocycles. The summed E-state index contributed by atoms with van der Waals surface area (Å²) in [5, 5.41) is 2.74. The van der Waals surface area contributed by atoms with Gasteiger partial charge in [0, 0.05) is 36.0 Å². The zero-order chi connectivity index (χ0) is 8.82. The highest BCUT2D eigenvalue weighted by molar-refractivity contribution is 14.1. The first-order valence-electron chi connectivity index (χ1n) is 4.05. The van der Waals surface area contributed by atoms with Crippen LogP contribution in [0, 0.1) is 5.41 Å². The van der Waals surface area contributed by atoms with E-state index in [4.69, 9.17) is 0 Å². The molecule has 2 aliphatic rings. The van der Waals surface area contributed by atoms with Crippen molar-refractivity contribution in [2.24, 2.45) is 5.41 Å². The van der Waals surface area contributed by atoms with Crippen molar-refractivity contribution < 1.29 is 8.78 Å². The van der Waals surface area contributed by atoms with Crippen molar-refractivity contribution in [1.29, 1.82) is 0 Å². The lowest BCUT2D eigenvalue weighted by molar-refractivity contribution is -0.178. The maximum absolute atomic E-state index is 13.4. The first-order chi connectivity index (χ1) is 5.56. The lowest BCUT2D eigenvalue weighted by Crippen LogP contribution is -2.67. The number of hydrogen-bond donors (Lipinski definition) is 1. The van der Waals surface area contributed by atoms with Crippen molar-refractivity contribution in [3.8, 4) is 0 Å². The fourth-order valence-electron chi connectivity index (χ4n) is 1.94. The first-order valence-corrected chi connectivity index (χ1v) is 5.02. The molecule has 2 saturated heterocycles. The first kappa shape index (κ1) is 9.08. The Kier molecular flexibility index (Phi) is 2.08. The highest BCUT2D eigenvalue weighted by Gasteiger charge is 2.60. The summed E-state index contributed by atoms with van der Waals surface area (Å²) in [4.78, 5) is 0. The molecule has 0 amide bonds. The number of nitrogens with zero attached hydrogens (tertiary/aromatic N) is 1. The molecule has 2 fully saturated rings. The zero-order valence-corrected chi connectivity index (χ0v) is 8.77. The predicted molar refractivity (Wildman–Crippen MR) is 50.5 cm³/mol. The van der Waals surface area contributed by atoms with Crippen LogP contribution in [0.2, 0.25) is 0 Å². The van der Waals surface area contributed by atoms with Gasteiger partial charge in [0.25, 0.3) is 5.92 Å². The summed E-state index contributed by atoms with van der Waals surface area (Å²) in [7, 11) is 0. The number of piperidine rings is 1. The van der Waals surface area contributed by atoms with Crippen molar-refractivity contribution in [3.05, 3.63) is 0 Å². The van der Waals surface area contributed by atoms with Gasteiger partial charge < -0.3 is 5.32 Å². The van der Waals surface area contributed by atoms with Gasteiger partial charge in [0.05, 0.1) is 12.0 Å². The van der Waals surface area contributed by atoms with Gasteiger partial charge in [-0.2, -0.15) is 0 Å². The molecule has 0 aliphatic carbocycles. The van der Waals surface area contributed by atoms with E-state index in [1.165, 1.54) is 0 Å². The molecule has 0 bridgehead atoms. The predicted octanol–water partition coefficient (Wildman–Crippen LogP) is 1.27. The van der Waals surface area contributed by atoms with Crippen molar-refractivity contribution in [2.75, 3.05) is 26.2 Å². The van der Waals surface area contributed by atoms with Crippen LogP contribution < -0.4 is 5.32 Å². The third-order valence-corrected chi connectivity index (χ3v) is 3.53. The number of hydrogen-bond acceptors (Lipinski definition) is 2. The summed E-state index contributed by atoms with van der Waals surface area (Å²) in [5.41, 5.74) is -0.709. The quantitative estimate of drug-likeness (QED) is 0.533. The van der Waals surface area contributed by atoms with Gasteiger partial charge in [-0.3, -0.25) is 0 Å². The smallest absolute Gasteiger partial charge is 0.268 e. The minimum atomic E-state index is -2.51. The summed E-state index contributed by atoms with van der Waals surface area (Å²) < 4.78 is 28.7. The van der Waals surface area contributed by atoms with Crippen molar-refractivity contribution >= 4 is 22.9 Å². The second-order valence-electron chi connectivity index (χ2n) is 3.69. The molecule has 2 heterocycles. The summed E-state index contributed by atoms with van der Waals surface area (Å²) in [5.74, 6) is -2.51. The maximum atomic E-state index is 13.4. The van der Waals surface area contributed by atoms with E-state index in [0.717, 1.165) is 6.54 Å². The van der Waals surface area contributed by atoms with E-state index in [1.54, 1.807) is 0 Å². The molecule has 2 rings (SSSR count). The molecule has 2 nitrogen and oxygen atoms in total. The van der Waals surface area contributed by atoms with Gasteiger partial charge in [0.1, 0.15) is 0 Å². The molecule has 2 aliphatic heterocycles. The Hall–Kier alpha value is 0.510. The number of halogens is 3. The summed E-state index contributed by atoms with van der Waals surface area (Å²) >= 11 is 2.10. The van der Waals surface area contributed by atoms with Gasteiger partial charge >= 0.3 is 0 Å². The number of rotatable bonds is 0. The van der Waals surface area contributed by atoms with Crippen molar-refractivity contribution in [3.63, 3.8) is 0 Å². The van der Waals surface area contributed by atoms with Crippen LogP contribution in [-0.4, -0.2) is 35.2 Å². The van der Waals surface area contributed by atoms with E-state index in [9.17, 15) is 8.78 Å². The molecule has 5 heteroatoms. The van der Waals surface area contributed by atoms with Crippen LogP contribution in [-0.2, 0) is 0 Å². The third-order valence-electron chi connectivity index (χ3n) is 2.85. The fraction of sp³-hybridized carbons (Fsp3) is 1.00. The average Bonchev–Trinajstić information content (AvgIpc) is 1.91. The molecule has 0 radical (unpaired) electrons. The Labute approximate surface area is 84.2 Å². The van der Waals surface area contributed by atoms with E-state index in [1.807, 2.05) is 3.11 Å². The zero-order valence-electron chi connectivity index (χ0n) is 6.62. The van der Waals surface area contributed by atoms with Crippen molar-refractivity contribution in [2.45, 2.75) is 12.3 Å². The van der Waals surface area contributed by atoms with Crippen LogP contribution >= 0.6 is 22.9 Å². The largest absolute Gasteiger partial charge is 0.311 e. The topological polar surface area (TPSA) is 15.3 Å². The van der Waals surface area contributed by atoms with Crippen LogP contribution in [0.1, 0.15) is 6.42 Å². The van der Waals surface area contributed by atoms with Gasteiger partial charge in [-0.25, -0.2) is 11.9 Å². The summed E-state index contributed by atoms with van der Waals surface area (Å²) in [6, 6.07) is 0. The van der Waals surface area contributed by atoms with Gasteiger partial charge in [-0.1, -0.05) is 0 Å². The van der Waals surface area contributed by atoms with E-state index >= 15 is 0 Å². The molecule has 0 atom stereocenters. The van der Waals surface area contributed by atoms with E-state index in [0.29, 0.717) is 19.5 Å². The molecular formula is C7H11F2IN2. The standard InChI is InChI=1S/C7H11F2IN2/c8-7(9)3-11-2-1-6(7)4-12(10)5-6/h11H,1-5H2. The Bertz CT molecular complexity index is 186. The Morgan fingerprint density at radius 2 is 2.00 bits per heavy atom. The van der Waals surface area contributed by atoms with Crippen LogP contribution in [0.5, 0.6) is 0 Å². The van der Waals surface area contributed by atoms with Crippen LogP contribution in [0.3, 0.4) is 0 Å². The molecule has 0 saturated carbocycles. The van der Waals surface area contributed by atoms with E-state index in [-0.39, 0.29) is 6.54 Å². The minimum absolute atomic E-state index is 0.141. The molecule has 1 spiro atoms. The monoisotopic (exact) mass is 288 g/mol. The molecule has 1 N–H and O–H groups in total. The lowest BCUT2D eigenvalue weighted by atomic mass is 9.71. The Morgan fingerprint density at radius 1 is 1.33 bits per heavy atom. The van der Waals surface area contributed by atoms with E-state index in [2.05, 4.69) is 28.2 Å². The van der Waals surface area contributed by atoms with Gasteiger partial charge in [0.2, 0.25) is 0 Å². The summed E-state index contributed by atoms with van der Waals surface area (Å²) in [6.07, 6.45) is 0.611. The molecule has 70 valence electrons. The SMILES string of the molecule is FC1(F)CNCCC12CN(I)C2. The molecule has 12 heavy (non-hydrogen) atoms. The van der Waals surface area contributed by atoms with E-state index < -0.39 is 11.3 Å². The summed E-state index contributed by atoms with van der Waals surface area (Å²) in [6.45, 7) is 1.68. The van der Waals surface area contributed by atoms with Crippen LogP contribution in [0.15, 0.2) is 0 Å². The number of alkyl halides is 2. The van der Waals surface area contributed by atoms with Crippen LogP contribution in [0.4, 0.5) is 8.78 Å². The number of nitrogens with one attached hydrogen (secondary N) is 1. The second-order valence-corrected chi connectivity index (χ2v) is 5.05. The Morgan fingerprint density at radius 3 is 2.50 bits per heavy atom. The molecule has 0 unspecified atom stereocenters. The Balaban J connectivity index is 2.12. The van der Waals surface area contributed by atoms with Gasteiger partial charge in [0.15, 0.2) is 0 Å². The molecule has 0 aromatic heterocycles. The molecular weight excluding hydrogens is 277 g/mol. The van der Waals surface area contributed by atoms with Gasteiger partial charge in [-0.15, -0.1) is 0 Å². The van der Waals surface area contributed by atoms with Crippen LogP contribution in [0.25, 0.3) is 0 Å². The van der Waals surface area contributed by atoms with Crippen molar-refractivity contribution in [1.82, 2.24) is 8.43 Å². The average molecular weight is 288 g/mol. The highest BCUT2D eigenvalue weighted by atomic mass is 127. The second kappa shape index (κ2) is 2.75. The fourth-order valence-corrected chi connectivity index (χ4v) is 3.25. The third kappa shape index (κ3) is 1.17.